The number of nitro groups is 1. The molecule has 82 valence electrons. The van der Waals surface area contributed by atoms with Gasteiger partial charge in [0.05, 0.1) is 11.0 Å². The van der Waals surface area contributed by atoms with Crippen LogP contribution < -0.4 is 0 Å². The maximum absolute atomic E-state index is 12.7. The summed E-state index contributed by atoms with van der Waals surface area (Å²) in [5, 5.41) is 10.1. The molecule has 0 aliphatic carbocycles. The molecule has 0 amide bonds. The van der Waals surface area contributed by atoms with Crippen LogP contribution in [-0.4, -0.2) is 4.92 Å². The molecular formula is C7H2F5NO2. The summed E-state index contributed by atoms with van der Waals surface area (Å²) in [6.45, 7) is 0. The molecule has 0 radical (unpaired) electrons. The molecule has 0 fully saturated rings. The number of benzene rings is 1. The van der Waals surface area contributed by atoms with Gasteiger partial charge in [-0.1, -0.05) is 0 Å². The van der Waals surface area contributed by atoms with Gasteiger partial charge in [0.15, 0.2) is 5.56 Å². The molecule has 0 saturated carbocycles. The molecule has 15 heavy (non-hydrogen) atoms. The Labute approximate surface area is 79.3 Å². The van der Waals surface area contributed by atoms with Crippen molar-refractivity contribution in [3.05, 3.63) is 39.4 Å². The number of rotatable bonds is 1. The van der Waals surface area contributed by atoms with Gasteiger partial charge in [-0.3, -0.25) is 10.1 Å². The number of hydrogen-bond donors (Lipinski definition) is 0. The predicted molar refractivity (Wildman–Crippen MR) is 38.0 cm³/mol. The lowest BCUT2D eigenvalue weighted by atomic mass is 10.1. The molecule has 0 aliphatic rings. The minimum absolute atomic E-state index is 0.0197. The van der Waals surface area contributed by atoms with Crippen molar-refractivity contribution in [3.8, 4) is 0 Å². The van der Waals surface area contributed by atoms with Crippen LogP contribution in [0.25, 0.3) is 0 Å². The zero-order valence-corrected chi connectivity index (χ0v) is 6.81. The van der Waals surface area contributed by atoms with Crippen LogP contribution in [0.4, 0.5) is 27.6 Å². The Morgan fingerprint density at radius 3 is 2.13 bits per heavy atom. The lowest BCUT2D eigenvalue weighted by Crippen LogP contribution is -2.12. The Bertz CT molecular complexity index is 415. The van der Waals surface area contributed by atoms with E-state index >= 15 is 0 Å². The third kappa shape index (κ3) is 2.20. The quantitative estimate of drug-likeness (QED) is 0.420. The van der Waals surface area contributed by atoms with Gasteiger partial charge in [0, 0.05) is 6.07 Å². The molecule has 0 atom stereocenters. The van der Waals surface area contributed by atoms with Crippen LogP contribution in [0.2, 0.25) is 0 Å². The summed E-state index contributed by atoms with van der Waals surface area (Å²) in [6.07, 6.45) is -5.24. The van der Waals surface area contributed by atoms with E-state index in [1.54, 1.807) is 0 Å². The molecule has 1 aromatic carbocycles. The standard InChI is InChI=1S/C7H2F5NO2/c8-3-1-4(9)6(7(10,11)12)5(2-3)13(14)15/h1-2H. The molecule has 0 N–H and O–H groups in total. The summed E-state index contributed by atoms with van der Waals surface area (Å²) in [7, 11) is 0. The van der Waals surface area contributed by atoms with Gasteiger partial charge in [-0.15, -0.1) is 0 Å². The summed E-state index contributed by atoms with van der Waals surface area (Å²) >= 11 is 0. The molecule has 8 heteroatoms. The average molecular weight is 227 g/mol. The van der Waals surface area contributed by atoms with Crippen molar-refractivity contribution in [2.75, 3.05) is 0 Å². The minimum atomic E-state index is -5.24. The van der Waals surface area contributed by atoms with E-state index in [4.69, 9.17) is 0 Å². The number of nitro benzene ring substituents is 1. The first-order chi connectivity index (χ1) is 6.73. The van der Waals surface area contributed by atoms with Crippen molar-refractivity contribution in [3.63, 3.8) is 0 Å². The lowest BCUT2D eigenvalue weighted by Gasteiger charge is -2.08. The van der Waals surface area contributed by atoms with Gasteiger partial charge in [-0.2, -0.15) is 13.2 Å². The highest BCUT2D eigenvalue weighted by atomic mass is 19.4. The van der Waals surface area contributed by atoms with Crippen LogP contribution >= 0.6 is 0 Å². The fourth-order valence-corrected chi connectivity index (χ4v) is 0.985. The molecule has 0 heterocycles. The summed E-state index contributed by atoms with van der Waals surface area (Å²) in [4.78, 5) is 8.65. The molecule has 0 saturated heterocycles. The Balaban J connectivity index is 3.55. The van der Waals surface area contributed by atoms with Gasteiger partial charge in [0.1, 0.15) is 11.6 Å². The number of alkyl halides is 3. The van der Waals surface area contributed by atoms with Crippen molar-refractivity contribution in [2.24, 2.45) is 0 Å². The normalized spacial score (nSPS) is 11.5. The molecular weight excluding hydrogens is 225 g/mol. The summed E-state index contributed by atoms with van der Waals surface area (Å²) in [6, 6.07) is -0.0400. The minimum Gasteiger partial charge on any atom is -0.258 e. The van der Waals surface area contributed by atoms with E-state index in [9.17, 15) is 32.1 Å². The molecule has 0 bridgehead atoms. The summed E-state index contributed by atoms with van der Waals surface area (Å²) in [5.41, 5.74) is -3.71. The van der Waals surface area contributed by atoms with E-state index < -0.39 is 34.0 Å². The van der Waals surface area contributed by atoms with E-state index in [1.165, 1.54) is 0 Å². The lowest BCUT2D eigenvalue weighted by molar-refractivity contribution is -0.388. The first-order valence-electron chi connectivity index (χ1n) is 3.44. The largest absolute Gasteiger partial charge is 0.425 e. The summed E-state index contributed by atoms with van der Waals surface area (Å²) in [5.74, 6) is -3.44. The SMILES string of the molecule is O=[N+]([O-])c1cc(F)cc(F)c1C(F)(F)F. The highest BCUT2D eigenvalue weighted by molar-refractivity contribution is 5.43. The van der Waals surface area contributed by atoms with Gasteiger partial charge in [-0.25, -0.2) is 8.78 Å². The van der Waals surface area contributed by atoms with Crippen LogP contribution in [0.1, 0.15) is 5.56 Å². The zero-order valence-electron chi connectivity index (χ0n) is 6.81. The van der Waals surface area contributed by atoms with Crippen molar-refractivity contribution >= 4 is 5.69 Å². The predicted octanol–water partition coefficient (Wildman–Crippen LogP) is 2.89. The Morgan fingerprint density at radius 1 is 1.20 bits per heavy atom. The number of nitrogens with zero attached hydrogens (tertiary/aromatic N) is 1. The molecule has 0 unspecified atom stereocenters. The molecule has 1 rings (SSSR count). The van der Waals surface area contributed by atoms with Gasteiger partial charge in [0.2, 0.25) is 0 Å². The van der Waals surface area contributed by atoms with Gasteiger partial charge in [0.25, 0.3) is 5.69 Å². The monoisotopic (exact) mass is 227 g/mol. The van der Waals surface area contributed by atoms with Crippen molar-refractivity contribution in [1.29, 1.82) is 0 Å². The van der Waals surface area contributed by atoms with E-state index in [-0.39, 0.29) is 12.1 Å². The molecule has 0 aliphatic heterocycles. The van der Waals surface area contributed by atoms with Gasteiger partial charge < -0.3 is 0 Å². The van der Waals surface area contributed by atoms with E-state index in [0.29, 0.717) is 0 Å². The molecule has 3 nitrogen and oxygen atoms in total. The van der Waals surface area contributed by atoms with E-state index in [0.717, 1.165) is 0 Å². The molecule has 1 aromatic rings. The fraction of sp³-hybridized carbons (Fsp3) is 0.143. The maximum atomic E-state index is 12.7. The highest BCUT2D eigenvalue weighted by Gasteiger charge is 2.42. The van der Waals surface area contributed by atoms with E-state index in [1.807, 2.05) is 0 Å². The second-order valence-corrected chi connectivity index (χ2v) is 2.54. The fourth-order valence-electron chi connectivity index (χ4n) is 0.985. The first-order valence-corrected chi connectivity index (χ1v) is 3.44. The topological polar surface area (TPSA) is 43.1 Å². The molecule has 0 spiro atoms. The van der Waals surface area contributed by atoms with Crippen LogP contribution in [0.5, 0.6) is 0 Å². The number of hydrogen-bond acceptors (Lipinski definition) is 2. The van der Waals surface area contributed by atoms with Crippen LogP contribution in [0.3, 0.4) is 0 Å². The van der Waals surface area contributed by atoms with E-state index in [2.05, 4.69) is 0 Å². The van der Waals surface area contributed by atoms with Crippen molar-refractivity contribution < 1.29 is 26.9 Å². The van der Waals surface area contributed by atoms with Crippen LogP contribution in [0, 0.1) is 21.7 Å². The first kappa shape index (κ1) is 11.3. The second kappa shape index (κ2) is 3.44. The highest BCUT2D eigenvalue weighted by Crippen LogP contribution is 2.38. The van der Waals surface area contributed by atoms with Crippen LogP contribution in [0.15, 0.2) is 12.1 Å². The Hall–Kier alpha value is -1.73. The Morgan fingerprint density at radius 2 is 1.73 bits per heavy atom. The van der Waals surface area contributed by atoms with Crippen LogP contribution in [-0.2, 0) is 6.18 Å². The third-order valence-electron chi connectivity index (χ3n) is 1.51. The van der Waals surface area contributed by atoms with Crippen molar-refractivity contribution in [2.45, 2.75) is 6.18 Å². The maximum Gasteiger partial charge on any atom is 0.425 e. The Kier molecular flexibility index (Phi) is 2.61. The average Bonchev–Trinajstić information content (AvgIpc) is 1.99. The molecule has 0 aromatic heterocycles. The smallest absolute Gasteiger partial charge is 0.258 e. The second-order valence-electron chi connectivity index (χ2n) is 2.54. The number of halogens is 5. The third-order valence-corrected chi connectivity index (χ3v) is 1.51. The summed E-state index contributed by atoms with van der Waals surface area (Å²) < 4.78 is 61.6. The van der Waals surface area contributed by atoms with Crippen molar-refractivity contribution in [1.82, 2.24) is 0 Å². The zero-order chi connectivity index (χ0) is 11.8. The van der Waals surface area contributed by atoms with Gasteiger partial charge in [-0.05, 0) is 0 Å². The van der Waals surface area contributed by atoms with Gasteiger partial charge >= 0.3 is 6.18 Å².